The van der Waals surface area contributed by atoms with Crippen molar-refractivity contribution in [1.29, 1.82) is 0 Å². The second kappa shape index (κ2) is 7.68. The Kier molecular flexibility index (Phi) is 5.09. The molecule has 1 N–H and O–H groups in total. The predicted molar refractivity (Wildman–Crippen MR) is 113 cm³/mol. The Balaban J connectivity index is 1.68. The number of aliphatic imine (C=N–C) groups is 1. The number of aliphatic hydroxyl groups is 1. The van der Waals surface area contributed by atoms with Crippen LogP contribution in [-0.2, 0) is 6.42 Å². The van der Waals surface area contributed by atoms with Crippen LogP contribution in [0.25, 0.3) is 11.1 Å². The summed E-state index contributed by atoms with van der Waals surface area (Å²) in [7, 11) is 0. The molecule has 0 fully saturated rings. The van der Waals surface area contributed by atoms with E-state index in [-0.39, 0.29) is 5.76 Å². The van der Waals surface area contributed by atoms with Crippen molar-refractivity contribution in [2.45, 2.75) is 26.3 Å². The molecule has 1 aromatic carbocycles. The maximum atomic E-state index is 10.3. The number of nitrogens with zero attached hydrogens (tertiary/aromatic N) is 4. The molecule has 0 radical (unpaired) electrons. The van der Waals surface area contributed by atoms with Crippen LogP contribution in [0.2, 0.25) is 5.02 Å². The van der Waals surface area contributed by atoms with Gasteiger partial charge in [0.2, 0.25) is 0 Å². The van der Waals surface area contributed by atoms with Crippen LogP contribution in [-0.4, -0.2) is 44.9 Å². The summed E-state index contributed by atoms with van der Waals surface area (Å²) in [6, 6.07) is 10.3. The smallest absolute Gasteiger partial charge is 0.159 e. The molecule has 28 heavy (non-hydrogen) atoms. The lowest BCUT2D eigenvalue weighted by atomic mass is 9.97. The first-order valence-corrected chi connectivity index (χ1v) is 9.81. The van der Waals surface area contributed by atoms with E-state index >= 15 is 0 Å². The van der Waals surface area contributed by atoms with Gasteiger partial charge in [-0.1, -0.05) is 23.7 Å². The van der Waals surface area contributed by atoms with E-state index < -0.39 is 0 Å². The number of fused-ring (bicyclic) bond motifs is 1. The summed E-state index contributed by atoms with van der Waals surface area (Å²) in [5.74, 6) is 1.12. The van der Waals surface area contributed by atoms with E-state index in [2.05, 4.69) is 33.6 Å². The quantitative estimate of drug-likeness (QED) is 0.821. The molecule has 0 spiro atoms. The van der Waals surface area contributed by atoms with Crippen LogP contribution < -0.4 is 0 Å². The van der Waals surface area contributed by atoms with Crippen LogP contribution in [0.1, 0.15) is 19.4 Å². The Hall–Kier alpha value is -2.79. The number of aromatic nitrogens is 1. The van der Waals surface area contributed by atoms with Crippen LogP contribution in [0.5, 0.6) is 0 Å². The number of benzene rings is 1. The summed E-state index contributed by atoms with van der Waals surface area (Å²) in [4.78, 5) is 13.1. The highest BCUT2D eigenvalue weighted by Gasteiger charge is 2.28. The summed E-state index contributed by atoms with van der Waals surface area (Å²) in [6.45, 7) is 5.98. The molecule has 0 saturated heterocycles. The highest BCUT2D eigenvalue weighted by molar-refractivity contribution is 6.30. The number of hydrogen-bond donors (Lipinski definition) is 1. The SMILES string of the molecule is CC(C)N1C=C2C(O)=CN=C(Cc3ccc(Cl)cc3-c3cccnc3)N2CC1. The van der Waals surface area contributed by atoms with Crippen molar-refractivity contribution in [2.24, 2.45) is 4.99 Å². The topological polar surface area (TPSA) is 52.0 Å². The van der Waals surface area contributed by atoms with E-state index in [9.17, 15) is 5.11 Å². The monoisotopic (exact) mass is 394 g/mol. The standard InChI is InChI=1S/C22H23ClN4O/c1-15(2)26-8-9-27-20(14-26)21(28)13-25-22(27)10-16-5-6-18(23)11-19(16)17-4-3-7-24-12-17/h3-7,11-15,28H,8-10H2,1-2H3. The molecule has 2 aromatic rings. The number of rotatable bonds is 4. The number of amidine groups is 1. The van der Waals surface area contributed by atoms with E-state index in [0.29, 0.717) is 17.5 Å². The lowest BCUT2D eigenvalue weighted by molar-refractivity contribution is 0.242. The molecule has 4 rings (SSSR count). The second-order valence-corrected chi connectivity index (χ2v) is 7.71. The van der Waals surface area contributed by atoms with Gasteiger partial charge in [0.15, 0.2) is 5.76 Å². The zero-order chi connectivity index (χ0) is 19.7. The van der Waals surface area contributed by atoms with E-state index in [1.807, 2.05) is 42.7 Å². The van der Waals surface area contributed by atoms with Crippen molar-refractivity contribution in [3.05, 3.63) is 77.2 Å². The molecule has 6 heteroatoms. The van der Waals surface area contributed by atoms with Crippen LogP contribution in [0.4, 0.5) is 0 Å². The molecule has 0 unspecified atom stereocenters. The zero-order valence-corrected chi connectivity index (χ0v) is 16.8. The first kappa shape index (κ1) is 18.6. The zero-order valence-electron chi connectivity index (χ0n) is 16.0. The molecule has 0 bridgehead atoms. The normalized spacial score (nSPS) is 16.5. The summed E-state index contributed by atoms with van der Waals surface area (Å²) in [5, 5.41) is 11.0. The fourth-order valence-electron chi connectivity index (χ4n) is 3.58. The summed E-state index contributed by atoms with van der Waals surface area (Å²) < 4.78 is 0. The van der Waals surface area contributed by atoms with Gasteiger partial charge in [-0.05, 0) is 43.2 Å². The van der Waals surface area contributed by atoms with Gasteiger partial charge in [0.05, 0.1) is 6.20 Å². The Labute approximate surface area is 170 Å². The van der Waals surface area contributed by atoms with E-state index in [1.54, 1.807) is 12.4 Å². The van der Waals surface area contributed by atoms with Gasteiger partial charge < -0.3 is 14.9 Å². The third-order valence-corrected chi connectivity index (χ3v) is 5.36. The summed E-state index contributed by atoms with van der Waals surface area (Å²) in [6.07, 6.45) is 7.82. The van der Waals surface area contributed by atoms with Gasteiger partial charge in [0, 0.05) is 54.7 Å². The number of hydrogen-bond acceptors (Lipinski definition) is 5. The molecule has 0 amide bonds. The maximum Gasteiger partial charge on any atom is 0.159 e. The van der Waals surface area contributed by atoms with Gasteiger partial charge in [-0.3, -0.25) is 4.98 Å². The average Bonchev–Trinajstić information content (AvgIpc) is 2.71. The summed E-state index contributed by atoms with van der Waals surface area (Å²) in [5.41, 5.74) is 4.00. The minimum atomic E-state index is 0.206. The van der Waals surface area contributed by atoms with Gasteiger partial charge in [-0.25, -0.2) is 4.99 Å². The average molecular weight is 395 g/mol. The maximum absolute atomic E-state index is 10.3. The molecule has 3 heterocycles. The van der Waals surface area contributed by atoms with Crippen molar-refractivity contribution in [2.75, 3.05) is 13.1 Å². The van der Waals surface area contributed by atoms with Crippen LogP contribution in [0.15, 0.2) is 71.6 Å². The molecule has 0 atom stereocenters. The van der Waals surface area contributed by atoms with Gasteiger partial charge in [-0.15, -0.1) is 0 Å². The van der Waals surface area contributed by atoms with Gasteiger partial charge in [0.25, 0.3) is 0 Å². The van der Waals surface area contributed by atoms with Gasteiger partial charge >= 0.3 is 0 Å². The van der Waals surface area contributed by atoms with Crippen molar-refractivity contribution >= 4 is 17.4 Å². The molecule has 5 nitrogen and oxygen atoms in total. The molecular weight excluding hydrogens is 372 g/mol. The van der Waals surface area contributed by atoms with Gasteiger partial charge in [-0.2, -0.15) is 0 Å². The Morgan fingerprint density at radius 1 is 1.21 bits per heavy atom. The van der Waals surface area contributed by atoms with Crippen molar-refractivity contribution in [3.63, 3.8) is 0 Å². The fraction of sp³-hybridized carbons (Fsp3) is 0.273. The third-order valence-electron chi connectivity index (χ3n) is 5.13. The van der Waals surface area contributed by atoms with Crippen molar-refractivity contribution in [3.8, 4) is 11.1 Å². The predicted octanol–water partition coefficient (Wildman–Crippen LogP) is 4.62. The van der Waals surface area contributed by atoms with Crippen LogP contribution >= 0.6 is 11.6 Å². The third kappa shape index (κ3) is 3.62. The molecular formula is C22H23ClN4O. The Morgan fingerprint density at radius 2 is 2.07 bits per heavy atom. The largest absolute Gasteiger partial charge is 0.504 e. The Bertz CT molecular complexity index is 966. The number of halogens is 1. The van der Waals surface area contributed by atoms with Crippen LogP contribution in [0, 0.1) is 0 Å². The highest BCUT2D eigenvalue weighted by Crippen LogP contribution is 2.30. The lowest BCUT2D eigenvalue weighted by Gasteiger charge is -2.39. The molecule has 0 saturated carbocycles. The first-order chi connectivity index (χ1) is 13.5. The number of pyridine rings is 1. The van der Waals surface area contributed by atoms with Gasteiger partial charge in [0.1, 0.15) is 11.5 Å². The molecule has 2 aliphatic rings. The second-order valence-electron chi connectivity index (χ2n) is 7.28. The van der Waals surface area contributed by atoms with E-state index in [1.165, 1.54) is 0 Å². The van der Waals surface area contributed by atoms with E-state index in [0.717, 1.165) is 41.3 Å². The molecule has 2 aliphatic heterocycles. The lowest BCUT2D eigenvalue weighted by Crippen LogP contribution is -2.45. The fourth-order valence-corrected chi connectivity index (χ4v) is 3.76. The van der Waals surface area contributed by atoms with E-state index in [4.69, 9.17) is 11.6 Å². The Morgan fingerprint density at radius 3 is 2.82 bits per heavy atom. The minimum absolute atomic E-state index is 0.206. The first-order valence-electron chi connectivity index (χ1n) is 9.43. The van der Waals surface area contributed by atoms with Crippen molar-refractivity contribution in [1.82, 2.24) is 14.8 Å². The molecule has 0 aliphatic carbocycles. The molecule has 1 aromatic heterocycles. The summed E-state index contributed by atoms with van der Waals surface area (Å²) >= 11 is 6.27. The van der Waals surface area contributed by atoms with Crippen LogP contribution in [0.3, 0.4) is 0 Å². The number of aliphatic hydroxyl groups excluding tert-OH is 1. The highest BCUT2D eigenvalue weighted by atomic mass is 35.5. The minimum Gasteiger partial charge on any atom is -0.504 e. The molecule has 144 valence electrons. The van der Waals surface area contributed by atoms with Crippen molar-refractivity contribution < 1.29 is 5.11 Å².